The van der Waals surface area contributed by atoms with Crippen LogP contribution < -0.4 is 5.32 Å². The summed E-state index contributed by atoms with van der Waals surface area (Å²) in [6.07, 6.45) is 2.82. The maximum Gasteiger partial charge on any atom is 0.317 e. The fraction of sp³-hybridized carbons (Fsp3) is 0.450. The van der Waals surface area contributed by atoms with Gasteiger partial charge in [-0.05, 0) is 68.9 Å². The van der Waals surface area contributed by atoms with E-state index < -0.39 is 0 Å². The van der Waals surface area contributed by atoms with E-state index >= 15 is 0 Å². The van der Waals surface area contributed by atoms with Gasteiger partial charge in [0.25, 0.3) is 0 Å². The number of hydrogen-bond acceptors (Lipinski definition) is 2. The van der Waals surface area contributed by atoms with Crippen LogP contribution in [0.25, 0.3) is 0 Å². The van der Waals surface area contributed by atoms with Crippen molar-refractivity contribution < 1.29 is 9.18 Å². The van der Waals surface area contributed by atoms with Gasteiger partial charge in [-0.15, -0.1) is 11.3 Å². The highest BCUT2D eigenvalue weighted by Gasteiger charge is 2.24. The molecule has 1 aliphatic rings. The highest BCUT2D eigenvalue weighted by Crippen LogP contribution is 2.24. The summed E-state index contributed by atoms with van der Waals surface area (Å²) in [7, 11) is 0. The highest BCUT2D eigenvalue weighted by molar-refractivity contribution is 7.12. The van der Waals surface area contributed by atoms with E-state index in [1.807, 2.05) is 17.9 Å². The standard InChI is InChI=1S/C20H25FN2OS/c1-14-6-7-19(25-14)15(2)22-20(24)23-10-8-16(9-11-23)12-17-4-3-5-18(21)13-17/h3-7,13,15-16H,8-12H2,1-2H3,(H,22,24)/t15-/m1/s1. The molecule has 1 aliphatic heterocycles. The van der Waals surface area contributed by atoms with Crippen molar-refractivity contribution in [3.05, 3.63) is 57.5 Å². The van der Waals surface area contributed by atoms with Crippen molar-refractivity contribution in [2.24, 2.45) is 5.92 Å². The Labute approximate surface area is 152 Å². The zero-order valence-corrected chi connectivity index (χ0v) is 15.6. The van der Waals surface area contributed by atoms with Crippen molar-refractivity contribution in [1.82, 2.24) is 10.2 Å². The lowest BCUT2D eigenvalue weighted by molar-refractivity contribution is 0.168. The Kier molecular flexibility index (Phi) is 5.74. The molecule has 2 heterocycles. The van der Waals surface area contributed by atoms with Gasteiger partial charge in [0.05, 0.1) is 6.04 Å². The third-order valence-electron chi connectivity index (χ3n) is 4.84. The largest absolute Gasteiger partial charge is 0.331 e. The third kappa shape index (κ3) is 4.82. The molecule has 1 fully saturated rings. The molecule has 0 aliphatic carbocycles. The number of hydrogen-bond donors (Lipinski definition) is 1. The fourth-order valence-corrected chi connectivity index (χ4v) is 4.25. The van der Waals surface area contributed by atoms with E-state index in [9.17, 15) is 9.18 Å². The van der Waals surface area contributed by atoms with Gasteiger partial charge in [0.15, 0.2) is 0 Å². The van der Waals surface area contributed by atoms with Gasteiger partial charge in [-0.1, -0.05) is 12.1 Å². The molecule has 3 nitrogen and oxygen atoms in total. The van der Waals surface area contributed by atoms with E-state index in [1.165, 1.54) is 15.8 Å². The minimum absolute atomic E-state index is 0.0164. The molecule has 1 atom stereocenters. The second-order valence-corrected chi connectivity index (χ2v) is 8.20. The van der Waals surface area contributed by atoms with E-state index in [0.29, 0.717) is 5.92 Å². The van der Waals surface area contributed by atoms with Crippen molar-refractivity contribution in [2.75, 3.05) is 13.1 Å². The second-order valence-electron chi connectivity index (χ2n) is 6.88. The number of aryl methyl sites for hydroxylation is 1. The van der Waals surface area contributed by atoms with Crippen molar-refractivity contribution in [3.8, 4) is 0 Å². The number of rotatable bonds is 4. The fourth-order valence-electron chi connectivity index (χ4n) is 3.37. The summed E-state index contributed by atoms with van der Waals surface area (Å²) in [5.74, 6) is 0.343. The summed E-state index contributed by atoms with van der Waals surface area (Å²) in [6, 6.07) is 11.1. The van der Waals surface area contributed by atoms with E-state index in [2.05, 4.69) is 24.4 Å². The molecule has 1 saturated heterocycles. The van der Waals surface area contributed by atoms with Crippen LogP contribution >= 0.6 is 11.3 Å². The molecule has 3 rings (SSSR count). The van der Waals surface area contributed by atoms with Crippen molar-refractivity contribution >= 4 is 17.4 Å². The number of benzene rings is 1. The average molecular weight is 360 g/mol. The van der Waals surface area contributed by atoms with Crippen molar-refractivity contribution in [3.63, 3.8) is 0 Å². The average Bonchev–Trinajstić information content (AvgIpc) is 3.02. The number of carbonyl (C=O) groups is 1. The SMILES string of the molecule is Cc1ccc([C@@H](C)NC(=O)N2CCC(Cc3cccc(F)c3)CC2)s1. The van der Waals surface area contributed by atoms with Gasteiger partial charge < -0.3 is 10.2 Å². The number of piperidine rings is 1. The predicted molar refractivity (Wildman–Crippen MR) is 100 cm³/mol. The monoisotopic (exact) mass is 360 g/mol. The topological polar surface area (TPSA) is 32.3 Å². The number of amides is 2. The van der Waals surface area contributed by atoms with Gasteiger partial charge in [-0.2, -0.15) is 0 Å². The van der Waals surface area contributed by atoms with Crippen LogP contribution in [0.15, 0.2) is 36.4 Å². The molecule has 0 bridgehead atoms. The number of nitrogens with zero attached hydrogens (tertiary/aromatic N) is 1. The van der Waals surface area contributed by atoms with Gasteiger partial charge in [-0.25, -0.2) is 9.18 Å². The van der Waals surface area contributed by atoms with Crippen LogP contribution in [0.1, 0.15) is 41.1 Å². The quantitative estimate of drug-likeness (QED) is 0.824. The van der Waals surface area contributed by atoms with Crippen LogP contribution in [0.4, 0.5) is 9.18 Å². The molecule has 0 spiro atoms. The summed E-state index contributed by atoms with van der Waals surface area (Å²) in [4.78, 5) is 16.8. The first-order valence-corrected chi connectivity index (χ1v) is 9.69. The number of likely N-dealkylation sites (tertiary alicyclic amines) is 1. The Balaban J connectivity index is 1.47. The normalized spacial score (nSPS) is 16.7. The molecule has 1 N–H and O–H groups in total. The van der Waals surface area contributed by atoms with Crippen LogP contribution in [0.2, 0.25) is 0 Å². The Bertz CT molecular complexity index is 722. The summed E-state index contributed by atoms with van der Waals surface area (Å²) in [5.41, 5.74) is 1.05. The predicted octanol–water partition coefficient (Wildman–Crippen LogP) is 4.92. The number of thiophene rings is 1. The van der Waals surface area contributed by atoms with Gasteiger partial charge in [0.2, 0.25) is 0 Å². The molecule has 25 heavy (non-hydrogen) atoms. The van der Waals surface area contributed by atoms with Crippen LogP contribution in [0, 0.1) is 18.7 Å². The molecule has 1 aromatic heterocycles. The number of halogens is 1. The number of carbonyl (C=O) groups excluding carboxylic acids is 1. The minimum Gasteiger partial charge on any atom is -0.331 e. The Hall–Kier alpha value is -1.88. The Morgan fingerprint density at radius 3 is 2.72 bits per heavy atom. The minimum atomic E-state index is -0.174. The molecule has 0 radical (unpaired) electrons. The molecule has 1 aromatic carbocycles. The van der Waals surface area contributed by atoms with E-state index in [0.717, 1.165) is 37.9 Å². The first-order valence-electron chi connectivity index (χ1n) is 8.87. The third-order valence-corrected chi connectivity index (χ3v) is 6.03. The summed E-state index contributed by atoms with van der Waals surface area (Å²) in [6.45, 7) is 5.63. The van der Waals surface area contributed by atoms with E-state index in [1.54, 1.807) is 23.5 Å². The molecule has 134 valence electrons. The van der Waals surface area contributed by atoms with Crippen LogP contribution in [-0.4, -0.2) is 24.0 Å². The van der Waals surface area contributed by atoms with Gasteiger partial charge >= 0.3 is 6.03 Å². The molecule has 0 unspecified atom stereocenters. The molecular weight excluding hydrogens is 335 g/mol. The Morgan fingerprint density at radius 1 is 1.32 bits per heavy atom. The lowest BCUT2D eigenvalue weighted by atomic mass is 9.90. The van der Waals surface area contributed by atoms with E-state index in [-0.39, 0.29) is 17.9 Å². The molecule has 2 aromatic rings. The summed E-state index contributed by atoms with van der Waals surface area (Å²) >= 11 is 1.72. The van der Waals surface area contributed by atoms with Gasteiger partial charge in [0, 0.05) is 22.8 Å². The first-order chi connectivity index (χ1) is 12.0. The van der Waals surface area contributed by atoms with Crippen LogP contribution in [0.3, 0.4) is 0 Å². The number of nitrogens with one attached hydrogen (secondary N) is 1. The summed E-state index contributed by atoms with van der Waals surface area (Å²) < 4.78 is 13.3. The highest BCUT2D eigenvalue weighted by atomic mass is 32.1. The zero-order chi connectivity index (χ0) is 17.8. The van der Waals surface area contributed by atoms with Crippen molar-refractivity contribution in [2.45, 2.75) is 39.2 Å². The smallest absolute Gasteiger partial charge is 0.317 e. The Morgan fingerprint density at radius 2 is 2.08 bits per heavy atom. The maximum absolute atomic E-state index is 13.3. The molecular formula is C20H25FN2OS. The maximum atomic E-state index is 13.3. The van der Waals surface area contributed by atoms with Crippen LogP contribution in [-0.2, 0) is 6.42 Å². The molecule has 5 heteroatoms. The van der Waals surface area contributed by atoms with Crippen molar-refractivity contribution in [1.29, 1.82) is 0 Å². The molecule has 0 saturated carbocycles. The van der Waals surface area contributed by atoms with Gasteiger partial charge in [-0.3, -0.25) is 0 Å². The lowest BCUT2D eigenvalue weighted by Crippen LogP contribution is -2.45. The zero-order valence-electron chi connectivity index (χ0n) is 14.8. The lowest BCUT2D eigenvalue weighted by Gasteiger charge is -2.33. The van der Waals surface area contributed by atoms with Gasteiger partial charge in [0.1, 0.15) is 5.82 Å². The number of urea groups is 1. The summed E-state index contributed by atoms with van der Waals surface area (Å²) in [5, 5.41) is 3.10. The molecule has 2 amide bonds. The van der Waals surface area contributed by atoms with E-state index in [4.69, 9.17) is 0 Å². The first kappa shape index (κ1) is 17.9. The van der Waals surface area contributed by atoms with Crippen LogP contribution in [0.5, 0.6) is 0 Å². The second kappa shape index (κ2) is 8.00.